The number of halogens is 3. The van der Waals surface area contributed by atoms with Crippen LogP contribution in [0.1, 0.15) is 22.3 Å². The molecule has 0 bridgehead atoms. The van der Waals surface area contributed by atoms with Crippen LogP contribution in [0, 0.1) is 5.92 Å². The van der Waals surface area contributed by atoms with E-state index in [-0.39, 0.29) is 32.0 Å². The lowest BCUT2D eigenvalue weighted by Crippen LogP contribution is -2.47. The van der Waals surface area contributed by atoms with Crippen LogP contribution in [-0.2, 0) is 49.6 Å². The van der Waals surface area contributed by atoms with Crippen molar-refractivity contribution in [3.63, 3.8) is 0 Å². The van der Waals surface area contributed by atoms with Gasteiger partial charge >= 0.3 is 18.1 Å². The number of nitrogens with two attached hydrogens (primary N) is 1. The second-order valence-electron chi connectivity index (χ2n) is 11.2. The highest BCUT2D eigenvalue weighted by atomic mass is 31.2. The molecule has 0 heterocycles. The van der Waals surface area contributed by atoms with E-state index in [1.165, 1.54) is 0 Å². The third-order valence-electron chi connectivity index (χ3n) is 7.33. The molecule has 4 atom stereocenters. The molecule has 260 valence electrons. The fourth-order valence-corrected chi connectivity index (χ4v) is 6.44. The summed E-state index contributed by atoms with van der Waals surface area (Å²) < 4.78 is 50.9. The Hall–Kier alpha value is -4.77. The Kier molecular flexibility index (Phi) is 14.8. The molecule has 4 rings (SSSR count). The number of carbonyl (C=O) groups excluding carboxylic acids is 2. The minimum atomic E-state index is -5.08. The Labute approximate surface area is 282 Å². The van der Waals surface area contributed by atoms with E-state index in [0.29, 0.717) is 0 Å². The van der Waals surface area contributed by atoms with Crippen molar-refractivity contribution in [2.45, 2.75) is 43.9 Å². The molecule has 4 aromatic carbocycles. The van der Waals surface area contributed by atoms with Gasteiger partial charge in [0.25, 0.3) is 0 Å². The van der Waals surface area contributed by atoms with Gasteiger partial charge < -0.3 is 25.8 Å². The van der Waals surface area contributed by atoms with Crippen LogP contribution in [0.15, 0.2) is 121 Å². The summed E-state index contributed by atoms with van der Waals surface area (Å²) in [7, 11) is -3.98. The van der Waals surface area contributed by atoms with E-state index in [1.807, 2.05) is 121 Å². The molecule has 9 nitrogen and oxygen atoms in total. The summed E-state index contributed by atoms with van der Waals surface area (Å²) in [5, 5.41) is 9.97. The van der Waals surface area contributed by atoms with Gasteiger partial charge in [-0.3, -0.25) is 9.36 Å². The molecule has 13 heteroatoms. The largest absolute Gasteiger partial charge is 0.490 e. The molecular weight excluding hydrogens is 660 g/mol. The van der Waals surface area contributed by atoms with Gasteiger partial charge in [0.15, 0.2) is 0 Å². The van der Waals surface area contributed by atoms with Gasteiger partial charge in [-0.2, -0.15) is 13.2 Å². The number of carboxylic acids is 1. The van der Waals surface area contributed by atoms with Crippen LogP contribution >= 0.6 is 7.37 Å². The molecule has 0 aliphatic carbocycles. The van der Waals surface area contributed by atoms with Crippen LogP contribution in [0.4, 0.5) is 13.2 Å². The number of carbonyl (C=O) groups is 3. The van der Waals surface area contributed by atoms with E-state index in [0.717, 1.165) is 22.3 Å². The first kappa shape index (κ1) is 38.7. The second kappa shape index (κ2) is 18.7. The highest BCUT2D eigenvalue weighted by molar-refractivity contribution is 7.58. The molecule has 0 fully saturated rings. The number of alkyl halides is 3. The normalized spacial score (nSPS) is 14.1. The van der Waals surface area contributed by atoms with Crippen LogP contribution < -0.4 is 11.1 Å². The number of rotatable bonds is 14. The quantitative estimate of drug-likeness (QED) is 0.0959. The van der Waals surface area contributed by atoms with E-state index < -0.39 is 49.1 Å². The predicted octanol–water partition coefficient (Wildman–Crippen LogP) is 5.75. The van der Waals surface area contributed by atoms with E-state index in [1.54, 1.807) is 0 Å². The topological polar surface area (TPSA) is 156 Å². The van der Waals surface area contributed by atoms with Crippen molar-refractivity contribution in [2.75, 3.05) is 6.16 Å². The number of aliphatic carboxylic acids is 1. The van der Waals surface area contributed by atoms with Crippen molar-refractivity contribution in [3.8, 4) is 0 Å². The SMILES string of the molecule is NC(Cc1ccccc1)P(=O)(O)CC(Cc1ccccc1)C(=O)N[C@@H](Cc1ccccc1)C(=O)OCc1ccccc1.O=C(O)C(F)(F)F. The molecule has 4 aromatic rings. The molecule has 49 heavy (non-hydrogen) atoms. The van der Waals surface area contributed by atoms with Gasteiger partial charge in [-0.15, -0.1) is 0 Å². The van der Waals surface area contributed by atoms with E-state index in [9.17, 15) is 32.2 Å². The molecule has 0 aromatic heterocycles. The van der Waals surface area contributed by atoms with Gasteiger partial charge in [-0.05, 0) is 35.1 Å². The van der Waals surface area contributed by atoms with Crippen molar-refractivity contribution in [3.05, 3.63) is 144 Å². The zero-order valence-corrected chi connectivity index (χ0v) is 27.3. The van der Waals surface area contributed by atoms with Crippen molar-refractivity contribution < 1.29 is 46.9 Å². The second-order valence-corrected chi connectivity index (χ2v) is 13.8. The van der Waals surface area contributed by atoms with E-state index >= 15 is 0 Å². The minimum Gasteiger partial charge on any atom is -0.475 e. The maximum atomic E-state index is 13.8. The highest BCUT2D eigenvalue weighted by Crippen LogP contribution is 2.47. The minimum absolute atomic E-state index is 0.0639. The lowest BCUT2D eigenvalue weighted by atomic mass is 9.99. The highest BCUT2D eigenvalue weighted by Gasteiger charge is 2.38. The summed E-state index contributed by atoms with van der Waals surface area (Å²) in [5.41, 5.74) is 9.60. The Balaban J connectivity index is 0.000000838. The number of hydrogen-bond donors (Lipinski definition) is 4. The summed E-state index contributed by atoms with van der Waals surface area (Å²) >= 11 is 0. The zero-order chi connectivity index (χ0) is 35.9. The zero-order valence-electron chi connectivity index (χ0n) is 26.4. The number of carboxylic acid groups (broad SMARTS) is 1. The smallest absolute Gasteiger partial charge is 0.475 e. The Morgan fingerprint density at radius 1 is 0.714 bits per heavy atom. The van der Waals surface area contributed by atoms with Crippen LogP contribution in [0.5, 0.6) is 0 Å². The summed E-state index contributed by atoms with van der Waals surface area (Å²) in [4.78, 5) is 47.1. The van der Waals surface area contributed by atoms with Gasteiger partial charge in [-0.25, -0.2) is 9.59 Å². The van der Waals surface area contributed by atoms with E-state index in [2.05, 4.69) is 5.32 Å². The van der Waals surface area contributed by atoms with Crippen molar-refractivity contribution >= 4 is 25.2 Å². The predicted molar refractivity (Wildman–Crippen MR) is 178 cm³/mol. The summed E-state index contributed by atoms with van der Waals surface area (Å²) in [6, 6.07) is 36.2. The Morgan fingerprint density at radius 2 is 1.10 bits per heavy atom. The number of hydrogen-bond acceptors (Lipinski definition) is 6. The van der Waals surface area contributed by atoms with Gasteiger partial charge in [0, 0.05) is 12.6 Å². The van der Waals surface area contributed by atoms with Gasteiger partial charge in [0.1, 0.15) is 12.6 Å². The van der Waals surface area contributed by atoms with Crippen LogP contribution in [-0.4, -0.2) is 52.0 Å². The summed E-state index contributed by atoms with van der Waals surface area (Å²) in [5.74, 6) is -5.78. The van der Waals surface area contributed by atoms with Gasteiger partial charge in [-0.1, -0.05) is 121 Å². The average Bonchev–Trinajstić information content (AvgIpc) is 3.08. The molecule has 0 radical (unpaired) electrons. The molecule has 0 saturated heterocycles. The third-order valence-corrected chi connectivity index (χ3v) is 9.52. The number of nitrogens with one attached hydrogen (secondary N) is 1. The molecule has 0 saturated carbocycles. The van der Waals surface area contributed by atoms with Crippen molar-refractivity contribution in [1.29, 1.82) is 0 Å². The van der Waals surface area contributed by atoms with Crippen LogP contribution in [0.3, 0.4) is 0 Å². The summed E-state index contributed by atoms with van der Waals surface area (Å²) in [6.45, 7) is 0.0639. The monoisotopic (exact) mass is 698 g/mol. The number of benzene rings is 4. The fraction of sp³-hybridized carbons (Fsp3) is 0.250. The lowest BCUT2D eigenvalue weighted by Gasteiger charge is -2.26. The first-order valence-electron chi connectivity index (χ1n) is 15.2. The maximum absolute atomic E-state index is 13.8. The molecule has 1 amide bonds. The molecule has 5 N–H and O–H groups in total. The Morgan fingerprint density at radius 3 is 1.53 bits per heavy atom. The number of ether oxygens (including phenoxy) is 1. The van der Waals surface area contributed by atoms with Crippen LogP contribution in [0.25, 0.3) is 0 Å². The summed E-state index contributed by atoms with van der Waals surface area (Å²) in [6.07, 6.45) is -4.77. The first-order valence-corrected chi connectivity index (χ1v) is 17.2. The third kappa shape index (κ3) is 13.7. The molecule has 3 unspecified atom stereocenters. The maximum Gasteiger partial charge on any atom is 0.490 e. The molecular formula is C36H38F3N2O7P. The van der Waals surface area contributed by atoms with Crippen LogP contribution in [0.2, 0.25) is 0 Å². The molecule has 0 aliphatic heterocycles. The first-order chi connectivity index (χ1) is 23.2. The van der Waals surface area contributed by atoms with Crippen molar-refractivity contribution in [2.24, 2.45) is 11.7 Å². The lowest BCUT2D eigenvalue weighted by molar-refractivity contribution is -0.192. The number of amides is 1. The number of esters is 1. The average molecular weight is 699 g/mol. The molecule has 0 aliphatic rings. The van der Waals surface area contributed by atoms with Gasteiger partial charge in [0.05, 0.1) is 11.7 Å². The van der Waals surface area contributed by atoms with Gasteiger partial charge in [0.2, 0.25) is 13.3 Å². The van der Waals surface area contributed by atoms with E-state index in [4.69, 9.17) is 20.4 Å². The standard InChI is InChI=1S/C34H37N2O5P.C2HF3O2/c35-32(23-28-17-9-3-10-18-28)42(39,40)25-30(21-26-13-5-1-6-14-26)33(37)36-31(22-27-15-7-2-8-16-27)34(38)41-24-29-19-11-4-12-20-29;3-2(4,5)1(6)7/h1-20,30-32H,21-25,35H2,(H,36,37)(H,39,40);(H,6,7)/t30?,31-,32?;/m0./s1. The molecule has 0 spiro atoms. The fourth-order valence-electron chi connectivity index (χ4n) is 4.75. The Bertz CT molecular complexity index is 1660. The van der Waals surface area contributed by atoms with Crippen molar-refractivity contribution in [1.82, 2.24) is 5.32 Å².